The Morgan fingerprint density at radius 3 is 1.48 bits per heavy atom. The Morgan fingerprint density at radius 1 is 0.600 bits per heavy atom. The van der Waals surface area contributed by atoms with Crippen LogP contribution in [0.25, 0.3) is 21.5 Å². The van der Waals surface area contributed by atoms with Crippen molar-refractivity contribution in [2.24, 2.45) is 0 Å². The van der Waals surface area contributed by atoms with E-state index in [1.54, 1.807) is 36.4 Å². The fourth-order valence-electron chi connectivity index (χ4n) is 6.98. The average molecular weight is 859 g/mol. The van der Waals surface area contributed by atoms with Gasteiger partial charge in [0.2, 0.25) is 0 Å². The third-order valence-electron chi connectivity index (χ3n) is 10.1. The minimum Gasteiger partial charge on any atom is -1.00 e. The molecule has 3 N–H and O–H groups in total. The summed E-state index contributed by atoms with van der Waals surface area (Å²) in [6, 6.07) is 17.9. The first kappa shape index (κ1) is 52.7. The second-order valence-corrected chi connectivity index (χ2v) is 14.8. The van der Waals surface area contributed by atoms with Crippen LogP contribution in [0.1, 0.15) is 141 Å². The number of ether oxygens (including phenoxy) is 2. The van der Waals surface area contributed by atoms with E-state index in [4.69, 9.17) is 36.4 Å². The zero-order chi connectivity index (χ0) is 41.9. The van der Waals surface area contributed by atoms with Gasteiger partial charge in [0.15, 0.2) is 0 Å². The van der Waals surface area contributed by atoms with Crippen LogP contribution >= 0.6 is 11.6 Å². The molecule has 4 amide bonds. The van der Waals surface area contributed by atoms with Gasteiger partial charge in [-0.3, -0.25) is 29.0 Å². The van der Waals surface area contributed by atoms with E-state index in [1.165, 1.54) is 22.6 Å². The second-order valence-electron chi connectivity index (χ2n) is 14.4. The third kappa shape index (κ3) is 13.8. The monoisotopic (exact) mass is 858 g/mol. The van der Waals surface area contributed by atoms with E-state index in [-0.39, 0.29) is 81.9 Å². The number of aliphatic hydroxyl groups excluding tert-OH is 3. The summed E-state index contributed by atoms with van der Waals surface area (Å²) in [7, 11) is 0. The van der Waals surface area contributed by atoms with E-state index in [2.05, 4.69) is 13.8 Å². The van der Waals surface area contributed by atoms with E-state index in [9.17, 15) is 19.2 Å². The van der Waals surface area contributed by atoms with Crippen molar-refractivity contribution in [3.8, 4) is 5.75 Å². The van der Waals surface area contributed by atoms with Crippen molar-refractivity contribution >= 4 is 56.8 Å². The Morgan fingerprint density at radius 2 is 1.05 bits per heavy atom. The van der Waals surface area contributed by atoms with E-state index >= 15 is 0 Å². The van der Waals surface area contributed by atoms with Gasteiger partial charge in [-0.05, 0) is 68.5 Å². The fraction of sp³-hybridized carbons (Fsp3) is 0.489. The molecule has 1 fully saturated rings. The van der Waals surface area contributed by atoms with Gasteiger partial charge in [-0.2, -0.15) is 0 Å². The van der Waals surface area contributed by atoms with Crippen molar-refractivity contribution in [3.63, 3.8) is 0 Å². The van der Waals surface area contributed by atoms with Crippen LogP contribution in [0.3, 0.4) is 0 Å². The van der Waals surface area contributed by atoms with Crippen LogP contribution in [-0.4, -0.2) is 101 Å². The molecule has 0 aliphatic carbocycles. The summed E-state index contributed by atoms with van der Waals surface area (Å²) >= 11 is 6.20. The van der Waals surface area contributed by atoms with Crippen LogP contribution in [0, 0.1) is 0 Å². The fourth-order valence-corrected chi connectivity index (χ4v) is 7.20. The molecular formula is C47H64ClN2NaO9. The Bertz CT molecular complexity index is 1940. The number of benzene rings is 4. The summed E-state index contributed by atoms with van der Waals surface area (Å²) in [4.78, 5) is 53.8. The quantitative estimate of drug-likeness (QED) is 0.0664. The first-order chi connectivity index (χ1) is 28.2. The number of carbonyl (C=O) groups is 4. The van der Waals surface area contributed by atoms with E-state index < -0.39 is 0 Å². The van der Waals surface area contributed by atoms with Gasteiger partial charge in [-0.25, -0.2) is 0 Å². The maximum Gasteiger partial charge on any atom is 1.00 e. The van der Waals surface area contributed by atoms with Crippen LogP contribution in [0.15, 0.2) is 60.7 Å². The van der Waals surface area contributed by atoms with Crippen LogP contribution in [0.5, 0.6) is 5.75 Å². The molecule has 4 aromatic carbocycles. The Labute approximate surface area is 384 Å². The molecule has 4 aromatic rings. The molecule has 13 heteroatoms. The van der Waals surface area contributed by atoms with Gasteiger partial charge in [0.05, 0.1) is 6.61 Å². The molecule has 0 bridgehead atoms. The molecule has 11 nitrogen and oxygen atoms in total. The van der Waals surface area contributed by atoms with Crippen molar-refractivity contribution in [1.82, 2.24) is 9.80 Å². The number of rotatable bonds is 16. The summed E-state index contributed by atoms with van der Waals surface area (Å²) in [5, 5.41) is 28.2. The second kappa shape index (κ2) is 28.3. The number of halogens is 1. The standard InChI is InChI=1S/C21H25NO4.C18H18ClNO2.C4H8O.C3H8O2.CH4.Na.H/c1-2-3-4-5-12-22-20(24)16-9-6-8-15-18(26-14-7-13-23)11-10-17(19(15)16)21(22)25;1-2-3-4-5-11-20-17(21)13-8-6-7-12-15(19)10-9-14(16(12)13)18(20)22;1-2-4-5-3-1;4-2-1-3-5;;;/h6,8-11,23H,2-5,7,12-14H2,1H3;6-10H,2-5,11H2,1H3;1-4H2;4-5H,1-3H2;1H4;;/q;;;;;+1;-1. The number of hydrogen-bond acceptors (Lipinski definition) is 9. The van der Waals surface area contributed by atoms with Gasteiger partial charge >= 0.3 is 29.6 Å². The third-order valence-corrected chi connectivity index (χ3v) is 10.4. The van der Waals surface area contributed by atoms with Gasteiger partial charge in [0.1, 0.15) is 5.75 Å². The molecule has 7 rings (SSSR count). The molecule has 3 heterocycles. The maximum atomic E-state index is 12.9. The SMILES string of the molecule is C.C1CCOC1.CCCCCCN1C(=O)c2cccc3c(Cl)ccc(c23)C1=O.CCCCCCN1C(=O)c2cccc3c(OCCCO)ccc(c23)C1=O.OCCCO.[H-].[Na+]. The first-order valence-corrected chi connectivity index (χ1v) is 21.2. The molecule has 3 aliphatic rings. The van der Waals surface area contributed by atoms with E-state index in [0.717, 1.165) is 75.4 Å². The van der Waals surface area contributed by atoms with Crippen LogP contribution < -0.4 is 34.3 Å². The number of imide groups is 2. The largest absolute Gasteiger partial charge is 1.00 e. The van der Waals surface area contributed by atoms with Gasteiger partial charge in [0.25, 0.3) is 23.6 Å². The summed E-state index contributed by atoms with van der Waals surface area (Å²) < 4.78 is 10.7. The molecule has 60 heavy (non-hydrogen) atoms. The number of carbonyl (C=O) groups excluding carboxylic acids is 4. The summed E-state index contributed by atoms with van der Waals surface area (Å²) in [5.41, 5.74) is 2.26. The molecule has 324 valence electrons. The minimum atomic E-state index is -0.225. The van der Waals surface area contributed by atoms with Crippen molar-refractivity contribution in [2.75, 3.05) is 52.7 Å². The van der Waals surface area contributed by atoms with Crippen LogP contribution in [0.2, 0.25) is 5.02 Å². The molecule has 0 radical (unpaired) electrons. The molecule has 0 unspecified atom stereocenters. The number of nitrogens with zero attached hydrogens (tertiary/aromatic N) is 2. The smallest absolute Gasteiger partial charge is 1.00 e. The summed E-state index contributed by atoms with van der Waals surface area (Å²) in [6.07, 6.45) is 11.8. The normalized spacial score (nSPS) is 13.7. The minimum absolute atomic E-state index is 0. The predicted octanol–water partition coefficient (Wildman–Crippen LogP) is 6.36. The van der Waals surface area contributed by atoms with Gasteiger partial charge < -0.3 is 26.2 Å². The van der Waals surface area contributed by atoms with Crippen LogP contribution in [0.4, 0.5) is 0 Å². The van der Waals surface area contributed by atoms with E-state index in [0.29, 0.717) is 76.3 Å². The topological polar surface area (TPSA) is 154 Å². The Hall–Kier alpha value is -3.39. The van der Waals surface area contributed by atoms with Gasteiger partial charge in [-0.15, -0.1) is 0 Å². The van der Waals surface area contributed by atoms with Gasteiger partial charge in [0, 0.05) is 101 Å². The van der Waals surface area contributed by atoms with Crippen molar-refractivity contribution in [2.45, 2.75) is 98.3 Å². The van der Waals surface area contributed by atoms with Crippen LogP contribution in [-0.2, 0) is 4.74 Å². The molecular weight excluding hydrogens is 795 g/mol. The van der Waals surface area contributed by atoms with E-state index in [1.807, 2.05) is 24.3 Å². The van der Waals surface area contributed by atoms with Gasteiger partial charge in [-0.1, -0.05) is 95.7 Å². The molecule has 0 saturated carbocycles. The Kier molecular flexibility index (Phi) is 24.8. The maximum absolute atomic E-state index is 12.9. The number of unbranched alkanes of at least 4 members (excludes halogenated alkanes) is 6. The molecule has 1 saturated heterocycles. The number of amides is 4. The van der Waals surface area contributed by atoms with Crippen molar-refractivity contribution in [3.05, 3.63) is 87.9 Å². The molecule has 0 atom stereocenters. The van der Waals surface area contributed by atoms with Crippen molar-refractivity contribution in [1.29, 1.82) is 0 Å². The zero-order valence-electron chi connectivity index (χ0n) is 36.0. The molecule has 0 aromatic heterocycles. The average Bonchev–Trinajstić information content (AvgIpc) is 3.84. The summed E-state index contributed by atoms with van der Waals surface area (Å²) in [5.74, 6) is -0.228. The number of hydrogen-bond donors (Lipinski definition) is 3. The summed E-state index contributed by atoms with van der Waals surface area (Å²) in [6.45, 7) is 7.85. The van der Waals surface area contributed by atoms with Crippen molar-refractivity contribution < 1.29 is 75.0 Å². The number of aliphatic hydroxyl groups is 3. The molecule has 0 spiro atoms. The predicted molar refractivity (Wildman–Crippen MR) is 236 cm³/mol. The first-order valence-electron chi connectivity index (χ1n) is 20.8. The Balaban J connectivity index is 0.000000481. The molecule has 3 aliphatic heterocycles. The zero-order valence-corrected chi connectivity index (χ0v) is 37.7.